The first kappa shape index (κ1) is 19.1. The summed E-state index contributed by atoms with van der Waals surface area (Å²) in [4.78, 5) is 3.41. The van der Waals surface area contributed by atoms with E-state index in [0.29, 0.717) is 0 Å². The highest BCUT2D eigenvalue weighted by molar-refractivity contribution is 7.10. The number of piperazine rings is 1. The Bertz CT molecular complexity index is 631. The van der Waals surface area contributed by atoms with Gasteiger partial charge in [-0.2, -0.15) is 0 Å². The Kier molecular flexibility index (Phi) is 6.51. The van der Waals surface area contributed by atoms with Crippen molar-refractivity contribution in [1.82, 2.24) is 10.2 Å². The number of alkyl halides is 3. The normalized spacial score (nSPS) is 17.1. The highest BCUT2D eigenvalue weighted by atomic mass is 35.5. The van der Waals surface area contributed by atoms with E-state index < -0.39 is 6.36 Å². The third-order valence-electron chi connectivity index (χ3n) is 3.74. The first-order chi connectivity index (χ1) is 11.0. The zero-order valence-electron chi connectivity index (χ0n) is 12.8. The maximum atomic E-state index is 12.5. The van der Waals surface area contributed by atoms with E-state index in [2.05, 4.69) is 15.0 Å². The molecule has 0 spiro atoms. The second-order valence-electron chi connectivity index (χ2n) is 5.32. The predicted molar refractivity (Wildman–Crippen MR) is 91.0 cm³/mol. The summed E-state index contributed by atoms with van der Waals surface area (Å²) in [6, 6.07) is 10.2. The zero-order chi connectivity index (χ0) is 16.3. The molecule has 1 aliphatic rings. The number of nitrogens with zero attached hydrogens (tertiary/aromatic N) is 1. The Morgan fingerprint density at radius 1 is 1.12 bits per heavy atom. The van der Waals surface area contributed by atoms with Gasteiger partial charge in [0.05, 0.1) is 6.04 Å². The van der Waals surface area contributed by atoms with E-state index >= 15 is 0 Å². The van der Waals surface area contributed by atoms with E-state index in [1.807, 2.05) is 23.6 Å². The number of nitrogens with one attached hydrogen (secondary N) is 1. The van der Waals surface area contributed by atoms with Gasteiger partial charge in [-0.15, -0.1) is 36.9 Å². The molecule has 1 N–H and O–H groups in total. The van der Waals surface area contributed by atoms with Crippen LogP contribution in [-0.2, 0) is 0 Å². The van der Waals surface area contributed by atoms with Crippen LogP contribution in [0, 0.1) is 0 Å². The second kappa shape index (κ2) is 8.20. The fourth-order valence-electron chi connectivity index (χ4n) is 2.82. The van der Waals surface area contributed by atoms with Crippen molar-refractivity contribution >= 4 is 23.7 Å². The van der Waals surface area contributed by atoms with Crippen molar-refractivity contribution in [2.75, 3.05) is 26.2 Å². The number of benzene rings is 1. The minimum Gasteiger partial charge on any atom is -0.406 e. The molecule has 2 heterocycles. The van der Waals surface area contributed by atoms with Gasteiger partial charge in [-0.3, -0.25) is 4.90 Å². The topological polar surface area (TPSA) is 24.5 Å². The molecule has 2 aromatic rings. The van der Waals surface area contributed by atoms with Crippen LogP contribution in [0.5, 0.6) is 5.75 Å². The highest BCUT2D eigenvalue weighted by Crippen LogP contribution is 2.34. The van der Waals surface area contributed by atoms with Gasteiger partial charge in [0.2, 0.25) is 0 Å². The number of hydrogen-bond acceptors (Lipinski definition) is 4. The molecule has 3 rings (SSSR count). The Morgan fingerprint density at radius 2 is 1.88 bits per heavy atom. The molecule has 1 aliphatic heterocycles. The van der Waals surface area contributed by atoms with Crippen LogP contribution < -0.4 is 10.1 Å². The molecule has 1 atom stereocenters. The van der Waals surface area contributed by atoms with E-state index in [1.54, 1.807) is 17.4 Å². The van der Waals surface area contributed by atoms with Gasteiger partial charge >= 0.3 is 6.36 Å². The molecule has 1 saturated heterocycles. The second-order valence-corrected chi connectivity index (χ2v) is 6.30. The van der Waals surface area contributed by atoms with Crippen molar-refractivity contribution in [3.05, 3.63) is 52.2 Å². The summed E-state index contributed by atoms with van der Waals surface area (Å²) < 4.78 is 41.5. The van der Waals surface area contributed by atoms with Gasteiger partial charge in [0.15, 0.2) is 0 Å². The van der Waals surface area contributed by atoms with Crippen LogP contribution >= 0.6 is 23.7 Å². The molecule has 3 nitrogen and oxygen atoms in total. The van der Waals surface area contributed by atoms with Gasteiger partial charge in [0, 0.05) is 31.1 Å². The highest BCUT2D eigenvalue weighted by Gasteiger charge is 2.32. The monoisotopic (exact) mass is 378 g/mol. The third-order valence-corrected chi connectivity index (χ3v) is 4.66. The lowest BCUT2D eigenvalue weighted by Crippen LogP contribution is -2.45. The molecule has 24 heavy (non-hydrogen) atoms. The lowest BCUT2D eigenvalue weighted by atomic mass is 10.0. The first-order valence-electron chi connectivity index (χ1n) is 7.37. The Morgan fingerprint density at radius 3 is 2.50 bits per heavy atom. The number of rotatable bonds is 4. The van der Waals surface area contributed by atoms with Crippen molar-refractivity contribution < 1.29 is 17.9 Å². The van der Waals surface area contributed by atoms with Gasteiger partial charge < -0.3 is 10.1 Å². The maximum Gasteiger partial charge on any atom is 0.573 e. The molecule has 8 heteroatoms. The van der Waals surface area contributed by atoms with Gasteiger partial charge in [-0.25, -0.2) is 0 Å². The van der Waals surface area contributed by atoms with Crippen LogP contribution in [0.15, 0.2) is 41.8 Å². The Labute approximate surface area is 148 Å². The maximum absolute atomic E-state index is 12.5. The van der Waals surface area contributed by atoms with Crippen molar-refractivity contribution in [2.45, 2.75) is 12.4 Å². The summed E-state index contributed by atoms with van der Waals surface area (Å²) in [6.07, 6.45) is -4.67. The Balaban J connectivity index is 0.00000208. The molecule has 0 bridgehead atoms. The molecule has 0 amide bonds. The van der Waals surface area contributed by atoms with E-state index in [-0.39, 0.29) is 24.2 Å². The molecule has 0 unspecified atom stereocenters. The van der Waals surface area contributed by atoms with Crippen LogP contribution in [0.3, 0.4) is 0 Å². The summed E-state index contributed by atoms with van der Waals surface area (Å²) in [5.41, 5.74) is 0.816. The average Bonchev–Trinajstić information content (AvgIpc) is 3.01. The van der Waals surface area contributed by atoms with Gasteiger partial charge in [0.25, 0.3) is 0 Å². The lowest BCUT2D eigenvalue weighted by Gasteiger charge is -2.34. The number of hydrogen-bond donors (Lipinski definition) is 1. The molecule has 0 saturated carbocycles. The molecule has 1 fully saturated rings. The van der Waals surface area contributed by atoms with Crippen LogP contribution in [0.1, 0.15) is 16.5 Å². The van der Waals surface area contributed by atoms with Crippen molar-refractivity contribution in [3.8, 4) is 5.75 Å². The lowest BCUT2D eigenvalue weighted by molar-refractivity contribution is -0.274. The summed E-state index contributed by atoms with van der Waals surface area (Å²) in [7, 11) is 0. The SMILES string of the molecule is Cl.FC(F)(F)Oc1cccc([C@@H](c2cccs2)N2CCNCC2)c1. The molecule has 0 aliphatic carbocycles. The van der Waals surface area contributed by atoms with Gasteiger partial charge in [-0.1, -0.05) is 18.2 Å². The first-order valence-corrected chi connectivity index (χ1v) is 8.25. The Hall–Kier alpha value is -1.28. The molecule has 1 aromatic heterocycles. The zero-order valence-corrected chi connectivity index (χ0v) is 14.4. The van der Waals surface area contributed by atoms with E-state index in [9.17, 15) is 13.2 Å². The largest absolute Gasteiger partial charge is 0.573 e. The van der Waals surface area contributed by atoms with Gasteiger partial charge in [0.1, 0.15) is 5.75 Å². The van der Waals surface area contributed by atoms with Crippen molar-refractivity contribution in [2.24, 2.45) is 0 Å². The smallest absolute Gasteiger partial charge is 0.406 e. The van der Waals surface area contributed by atoms with Crippen LogP contribution in [0.2, 0.25) is 0 Å². The predicted octanol–water partition coefficient (Wildman–Crippen LogP) is 4.06. The minimum atomic E-state index is -4.67. The van der Waals surface area contributed by atoms with Gasteiger partial charge in [-0.05, 0) is 29.1 Å². The fourth-order valence-corrected chi connectivity index (χ4v) is 3.71. The third kappa shape index (κ3) is 4.86. The van der Waals surface area contributed by atoms with E-state index in [1.165, 1.54) is 12.1 Å². The van der Waals surface area contributed by atoms with E-state index in [4.69, 9.17) is 0 Å². The van der Waals surface area contributed by atoms with Crippen molar-refractivity contribution in [3.63, 3.8) is 0 Å². The van der Waals surface area contributed by atoms with Crippen molar-refractivity contribution in [1.29, 1.82) is 0 Å². The standard InChI is InChI=1S/C16H17F3N2OS.ClH/c17-16(18,19)22-13-4-1-3-12(11-13)15(14-5-2-10-23-14)21-8-6-20-7-9-21;/h1-5,10-11,15,20H,6-9H2;1H/t15-;/m0./s1. The summed E-state index contributed by atoms with van der Waals surface area (Å²) in [6.45, 7) is 3.46. The summed E-state index contributed by atoms with van der Waals surface area (Å²) >= 11 is 1.61. The van der Waals surface area contributed by atoms with Crippen LogP contribution in [0.4, 0.5) is 13.2 Å². The molecular formula is C16H18ClF3N2OS. The quantitative estimate of drug-likeness (QED) is 0.868. The number of halogens is 4. The summed E-state index contributed by atoms with van der Waals surface area (Å²) in [5.74, 6) is -0.174. The molecule has 0 radical (unpaired) electrons. The average molecular weight is 379 g/mol. The minimum absolute atomic E-state index is 0. The number of thiophene rings is 1. The molecule has 1 aromatic carbocycles. The van der Waals surface area contributed by atoms with Crippen LogP contribution in [0.25, 0.3) is 0 Å². The number of ether oxygens (including phenoxy) is 1. The molecular weight excluding hydrogens is 361 g/mol. The summed E-state index contributed by atoms with van der Waals surface area (Å²) in [5, 5.41) is 5.28. The van der Waals surface area contributed by atoms with Crippen LogP contribution in [-0.4, -0.2) is 37.4 Å². The van der Waals surface area contributed by atoms with E-state index in [0.717, 1.165) is 36.6 Å². The molecule has 132 valence electrons. The fraction of sp³-hybridized carbons (Fsp3) is 0.375.